The zero-order valence-electron chi connectivity index (χ0n) is 12.7. The van der Waals surface area contributed by atoms with Crippen LogP contribution in [0.15, 0.2) is 64.2 Å². The van der Waals surface area contributed by atoms with E-state index in [0.717, 1.165) is 15.6 Å². The summed E-state index contributed by atoms with van der Waals surface area (Å²) in [5.41, 5.74) is 4.54. The predicted octanol–water partition coefficient (Wildman–Crippen LogP) is 3.91. The average molecular weight is 373 g/mol. The molecule has 0 aliphatic rings. The number of nitrogens with one attached hydrogen (secondary N) is 1. The molecule has 5 heteroatoms. The number of rotatable bonds is 6. The van der Waals surface area contributed by atoms with E-state index in [9.17, 15) is 4.79 Å². The first-order valence-electron chi connectivity index (χ1n) is 7.07. The second kappa shape index (κ2) is 8.90. The van der Waals surface area contributed by atoms with Gasteiger partial charge in [-0.25, -0.2) is 5.43 Å². The smallest absolute Gasteiger partial charge is 0.277 e. The molecule has 0 saturated carbocycles. The van der Waals surface area contributed by atoms with E-state index in [2.05, 4.69) is 26.5 Å². The average Bonchev–Trinajstić information content (AvgIpc) is 2.54. The van der Waals surface area contributed by atoms with E-state index < -0.39 is 0 Å². The Balaban J connectivity index is 1.78. The van der Waals surface area contributed by atoms with E-state index in [1.807, 2.05) is 67.6 Å². The third kappa shape index (κ3) is 6.48. The van der Waals surface area contributed by atoms with Gasteiger partial charge in [0.15, 0.2) is 6.61 Å². The van der Waals surface area contributed by atoms with Crippen LogP contribution in [0.1, 0.15) is 11.1 Å². The summed E-state index contributed by atoms with van der Waals surface area (Å²) in [6.45, 7) is 1.88. The first-order chi connectivity index (χ1) is 11.1. The highest BCUT2D eigenvalue weighted by Gasteiger charge is 2.01. The maximum Gasteiger partial charge on any atom is 0.277 e. The number of benzene rings is 2. The van der Waals surface area contributed by atoms with Gasteiger partial charge in [0.05, 0.1) is 6.21 Å². The summed E-state index contributed by atoms with van der Waals surface area (Å²) in [5.74, 6) is 0.344. The number of nitrogens with zero attached hydrogens (tertiary/aromatic N) is 1. The van der Waals surface area contributed by atoms with E-state index in [-0.39, 0.29) is 12.5 Å². The number of aryl methyl sites for hydroxylation is 1. The van der Waals surface area contributed by atoms with Crippen LogP contribution in [0, 0.1) is 6.92 Å². The Hall–Kier alpha value is -2.40. The zero-order chi connectivity index (χ0) is 16.5. The fourth-order valence-electron chi connectivity index (χ4n) is 1.80. The fourth-order valence-corrected chi connectivity index (χ4v) is 2.16. The van der Waals surface area contributed by atoms with Crippen LogP contribution >= 0.6 is 15.9 Å². The number of carbonyl (C=O) groups is 1. The highest BCUT2D eigenvalue weighted by molar-refractivity contribution is 9.12. The van der Waals surface area contributed by atoms with Crippen LogP contribution in [0.25, 0.3) is 6.08 Å². The van der Waals surface area contributed by atoms with Crippen molar-refractivity contribution >= 4 is 34.1 Å². The van der Waals surface area contributed by atoms with Crippen LogP contribution in [0.5, 0.6) is 5.75 Å². The molecule has 0 radical (unpaired) electrons. The summed E-state index contributed by atoms with van der Waals surface area (Å²) in [6.07, 6.45) is 3.43. The molecule has 23 heavy (non-hydrogen) atoms. The minimum Gasteiger partial charge on any atom is -0.484 e. The molecule has 0 aliphatic heterocycles. The van der Waals surface area contributed by atoms with Crippen molar-refractivity contribution in [3.05, 3.63) is 70.2 Å². The molecule has 118 valence electrons. The first-order valence-corrected chi connectivity index (χ1v) is 7.86. The van der Waals surface area contributed by atoms with Crippen molar-refractivity contribution in [2.75, 3.05) is 6.61 Å². The lowest BCUT2D eigenvalue weighted by Crippen LogP contribution is -2.24. The minimum absolute atomic E-state index is 0.0825. The lowest BCUT2D eigenvalue weighted by molar-refractivity contribution is -0.123. The number of amides is 1. The van der Waals surface area contributed by atoms with Crippen LogP contribution in [0.2, 0.25) is 0 Å². The molecule has 0 fully saturated rings. The number of halogens is 1. The third-order valence-corrected chi connectivity index (χ3v) is 3.27. The molecule has 2 rings (SSSR count). The van der Waals surface area contributed by atoms with Crippen molar-refractivity contribution in [2.24, 2.45) is 5.10 Å². The van der Waals surface area contributed by atoms with Gasteiger partial charge in [-0.2, -0.15) is 5.10 Å². The largest absolute Gasteiger partial charge is 0.484 e. The van der Waals surface area contributed by atoms with Crippen LogP contribution in [0.4, 0.5) is 0 Å². The Morgan fingerprint density at radius 1 is 1.22 bits per heavy atom. The molecule has 0 aromatic heterocycles. The van der Waals surface area contributed by atoms with Crippen LogP contribution in [-0.2, 0) is 4.79 Å². The molecule has 4 nitrogen and oxygen atoms in total. The summed E-state index contributed by atoms with van der Waals surface area (Å²) in [5, 5.41) is 3.88. The summed E-state index contributed by atoms with van der Waals surface area (Å²) in [6, 6.07) is 17.3. The Kier molecular flexibility index (Phi) is 6.56. The maximum absolute atomic E-state index is 11.7. The monoisotopic (exact) mass is 372 g/mol. The fraction of sp³-hybridized carbons (Fsp3) is 0.111. The molecule has 2 aromatic carbocycles. The van der Waals surface area contributed by atoms with Crippen molar-refractivity contribution in [2.45, 2.75) is 6.92 Å². The second-order valence-corrected chi connectivity index (χ2v) is 5.75. The lowest BCUT2D eigenvalue weighted by Gasteiger charge is -2.05. The number of hydrogen-bond acceptors (Lipinski definition) is 3. The summed E-state index contributed by atoms with van der Waals surface area (Å²) in [7, 11) is 0. The first kappa shape index (κ1) is 17.0. The molecule has 0 aliphatic carbocycles. The summed E-state index contributed by atoms with van der Waals surface area (Å²) in [4.78, 5) is 11.7. The van der Waals surface area contributed by atoms with E-state index in [4.69, 9.17) is 4.74 Å². The number of hydrogen-bond donors (Lipinski definition) is 1. The van der Waals surface area contributed by atoms with Crippen molar-refractivity contribution in [1.82, 2.24) is 5.43 Å². The normalized spacial score (nSPS) is 11.5. The van der Waals surface area contributed by atoms with Gasteiger partial charge < -0.3 is 4.74 Å². The van der Waals surface area contributed by atoms with Gasteiger partial charge in [0.1, 0.15) is 5.75 Å². The van der Waals surface area contributed by atoms with Gasteiger partial charge >= 0.3 is 0 Å². The molecule has 0 saturated heterocycles. The third-order valence-electron chi connectivity index (χ3n) is 2.84. The van der Waals surface area contributed by atoms with Crippen molar-refractivity contribution in [3.63, 3.8) is 0 Å². The standard InChI is InChI=1S/C18H17BrN2O2/c1-14-6-5-9-17(10-14)23-13-18(22)21-20-12-16(19)11-15-7-3-2-4-8-15/h2-12H,13H2,1H3,(H,21,22)/b16-11-,20-12-. The second-order valence-electron chi connectivity index (χ2n) is 4.84. The zero-order valence-corrected chi connectivity index (χ0v) is 14.3. The molecule has 0 atom stereocenters. The molecule has 0 spiro atoms. The van der Waals surface area contributed by atoms with Gasteiger partial charge in [-0.3, -0.25) is 4.79 Å². The van der Waals surface area contributed by atoms with Gasteiger partial charge in [0.2, 0.25) is 0 Å². The molecule has 0 heterocycles. The van der Waals surface area contributed by atoms with Gasteiger partial charge in [0, 0.05) is 4.48 Å². The Labute approximate surface area is 144 Å². The van der Waals surface area contributed by atoms with E-state index in [1.54, 1.807) is 0 Å². The Morgan fingerprint density at radius 3 is 2.74 bits per heavy atom. The number of allylic oxidation sites excluding steroid dienone is 1. The van der Waals surface area contributed by atoms with Crippen LogP contribution < -0.4 is 10.2 Å². The van der Waals surface area contributed by atoms with Crippen molar-refractivity contribution < 1.29 is 9.53 Å². The molecule has 2 aromatic rings. The molecular weight excluding hydrogens is 356 g/mol. The molecule has 0 bridgehead atoms. The predicted molar refractivity (Wildman–Crippen MR) is 96.7 cm³/mol. The van der Waals surface area contributed by atoms with E-state index >= 15 is 0 Å². The quantitative estimate of drug-likeness (QED) is 0.617. The van der Waals surface area contributed by atoms with Gasteiger partial charge in [-0.15, -0.1) is 0 Å². The maximum atomic E-state index is 11.7. The van der Waals surface area contributed by atoms with Crippen LogP contribution in [-0.4, -0.2) is 18.7 Å². The van der Waals surface area contributed by atoms with E-state index in [0.29, 0.717) is 5.75 Å². The van der Waals surface area contributed by atoms with Crippen LogP contribution in [0.3, 0.4) is 0 Å². The Morgan fingerprint density at radius 2 is 2.00 bits per heavy atom. The van der Waals surface area contributed by atoms with Crippen molar-refractivity contribution in [3.8, 4) is 5.75 Å². The SMILES string of the molecule is Cc1cccc(OCC(=O)N/N=C\C(Br)=C\c2ccccc2)c1. The lowest BCUT2D eigenvalue weighted by atomic mass is 10.2. The number of ether oxygens (including phenoxy) is 1. The van der Waals surface area contributed by atoms with Crippen molar-refractivity contribution in [1.29, 1.82) is 0 Å². The van der Waals surface area contributed by atoms with Gasteiger partial charge in [-0.1, -0.05) is 42.5 Å². The number of hydrazone groups is 1. The highest BCUT2D eigenvalue weighted by atomic mass is 79.9. The Bertz CT molecular complexity index is 712. The molecule has 1 amide bonds. The minimum atomic E-state index is -0.317. The molecular formula is C18H17BrN2O2. The van der Waals surface area contributed by atoms with Gasteiger partial charge in [0.25, 0.3) is 5.91 Å². The van der Waals surface area contributed by atoms with Gasteiger partial charge in [-0.05, 0) is 52.2 Å². The van der Waals surface area contributed by atoms with E-state index in [1.165, 1.54) is 6.21 Å². The summed E-state index contributed by atoms with van der Waals surface area (Å²) < 4.78 is 6.14. The molecule has 0 unspecified atom stereocenters. The topological polar surface area (TPSA) is 50.7 Å². The summed E-state index contributed by atoms with van der Waals surface area (Å²) >= 11 is 3.38. The number of carbonyl (C=O) groups excluding carboxylic acids is 1. The molecule has 1 N–H and O–H groups in total. The highest BCUT2D eigenvalue weighted by Crippen LogP contribution is 2.12.